The topological polar surface area (TPSA) is 70.1 Å². The largest absolute Gasteiger partial charge is 0.490 e. The summed E-state index contributed by atoms with van der Waals surface area (Å²) < 4.78 is 37.2. The molecule has 2 saturated heterocycles. The molecule has 9 heteroatoms. The van der Waals surface area contributed by atoms with Crippen LogP contribution < -0.4 is 0 Å². The van der Waals surface area contributed by atoms with E-state index in [9.17, 15) is 18.0 Å². The lowest BCUT2D eigenvalue weighted by Crippen LogP contribution is -2.38. The van der Waals surface area contributed by atoms with Crippen molar-refractivity contribution in [2.45, 2.75) is 19.5 Å². The number of halogens is 3. The highest BCUT2D eigenvalue weighted by Crippen LogP contribution is 2.44. The molecule has 4 rings (SSSR count). The summed E-state index contributed by atoms with van der Waals surface area (Å²) in [6.45, 7) is 7.94. The van der Waals surface area contributed by atoms with E-state index in [2.05, 4.69) is 34.9 Å². The maximum Gasteiger partial charge on any atom is 0.490 e. The molecule has 33 heavy (non-hydrogen) atoms. The number of likely N-dealkylation sites (tertiary alicyclic amines) is 2. The fourth-order valence-electron chi connectivity index (χ4n) is 4.85. The molecule has 2 atom stereocenters. The first-order chi connectivity index (χ1) is 15.6. The molecule has 0 bridgehead atoms. The number of ether oxygens (including phenoxy) is 1. The van der Waals surface area contributed by atoms with E-state index in [-0.39, 0.29) is 11.3 Å². The van der Waals surface area contributed by atoms with Crippen LogP contribution in [0.25, 0.3) is 10.8 Å². The highest BCUT2D eigenvalue weighted by Gasteiger charge is 2.50. The minimum Gasteiger partial charge on any atom is -0.475 e. The summed E-state index contributed by atoms with van der Waals surface area (Å²) in [6.07, 6.45) is -4.00. The van der Waals surface area contributed by atoms with Crippen molar-refractivity contribution in [3.05, 3.63) is 48.0 Å². The molecule has 0 aliphatic carbocycles. The summed E-state index contributed by atoms with van der Waals surface area (Å²) in [6, 6.07) is 14.3. The van der Waals surface area contributed by atoms with Gasteiger partial charge in [0.1, 0.15) is 0 Å². The Labute approximate surface area is 190 Å². The van der Waals surface area contributed by atoms with Crippen LogP contribution in [-0.2, 0) is 9.53 Å². The van der Waals surface area contributed by atoms with Gasteiger partial charge < -0.3 is 19.6 Å². The zero-order valence-electron chi connectivity index (χ0n) is 18.8. The zero-order valence-corrected chi connectivity index (χ0v) is 18.8. The third-order valence-corrected chi connectivity index (χ3v) is 6.61. The minimum atomic E-state index is -5.08. The van der Waals surface area contributed by atoms with Gasteiger partial charge in [-0.25, -0.2) is 4.79 Å². The van der Waals surface area contributed by atoms with Crippen molar-refractivity contribution in [2.75, 3.05) is 46.4 Å². The first-order valence-electron chi connectivity index (χ1n) is 10.9. The summed E-state index contributed by atoms with van der Waals surface area (Å²) in [7, 11) is 1.79. The third kappa shape index (κ3) is 5.65. The van der Waals surface area contributed by atoms with Crippen LogP contribution in [0.1, 0.15) is 23.7 Å². The molecule has 2 aliphatic heterocycles. The average molecular weight is 467 g/mol. The van der Waals surface area contributed by atoms with Crippen LogP contribution in [0.15, 0.2) is 42.5 Å². The van der Waals surface area contributed by atoms with E-state index in [1.165, 1.54) is 5.39 Å². The summed E-state index contributed by atoms with van der Waals surface area (Å²) in [5, 5.41) is 9.43. The van der Waals surface area contributed by atoms with Gasteiger partial charge in [0, 0.05) is 50.2 Å². The number of aliphatic carboxylic acids is 1. The second-order valence-electron chi connectivity index (χ2n) is 8.68. The molecule has 2 heterocycles. The Hall–Kier alpha value is -2.65. The van der Waals surface area contributed by atoms with Crippen LogP contribution in [0.5, 0.6) is 0 Å². The molecule has 2 aromatic carbocycles. The van der Waals surface area contributed by atoms with Crippen LogP contribution in [-0.4, -0.2) is 79.4 Å². The molecule has 2 fully saturated rings. The van der Waals surface area contributed by atoms with Crippen molar-refractivity contribution in [3.63, 3.8) is 0 Å². The molecular formula is C24H29F3N2O4. The van der Waals surface area contributed by atoms with Gasteiger partial charge in [-0.2, -0.15) is 13.2 Å². The van der Waals surface area contributed by atoms with E-state index in [0.717, 1.165) is 56.7 Å². The quantitative estimate of drug-likeness (QED) is 0.740. The first-order valence-corrected chi connectivity index (χ1v) is 10.9. The summed E-state index contributed by atoms with van der Waals surface area (Å²) in [5.74, 6) is -2.08. The van der Waals surface area contributed by atoms with E-state index in [0.29, 0.717) is 5.92 Å². The summed E-state index contributed by atoms with van der Waals surface area (Å²) in [4.78, 5) is 26.6. The monoisotopic (exact) mass is 466 g/mol. The predicted molar refractivity (Wildman–Crippen MR) is 118 cm³/mol. The van der Waals surface area contributed by atoms with Crippen molar-refractivity contribution in [1.29, 1.82) is 0 Å². The fourth-order valence-corrected chi connectivity index (χ4v) is 4.85. The number of methoxy groups -OCH3 is 1. The van der Waals surface area contributed by atoms with Crippen LogP contribution in [0.4, 0.5) is 13.2 Å². The Balaban J connectivity index is 0.000000383. The van der Waals surface area contributed by atoms with Crippen LogP contribution in [0, 0.1) is 11.3 Å². The maximum absolute atomic E-state index is 13.1. The van der Waals surface area contributed by atoms with Crippen LogP contribution in [0.3, 0.4) is 0 Å². The van der Waals surface area contributed by atoms with Crippen LogP contribution in [0.2, 0.25) is 0 Å². The number of amides is 1. The lowest BCUT2D eigenvalue weighted by molar-refractivity contribution is -0.192. The number of benzene rings is 2. The third-order valence-electron chi connectivity index (χ3n) is 6.61. The number of alkyl halides is 3. The van der Waals surface area contributed by atoms with E-state index in [4.69, 9.17) is 14.6 Å². The van der Waals surface area contributed by atoms with Crippen molar-refractivity contribution < 1.29 is 32.6 Å². The molecule has 1 N–H and O–H groups in total. The number of carboxylic acids is 1. The number of rotatable bonds is 4. The number of carbonyl (C=O) groups is 2. The lowest BCUT2D eigenvalue weighted by atomic mass is 9.77. The standard InChI is InChI=1S/C22H28N2O2.C2HF3O2/c1-3-23-13-20(14-26-2)22(15-23)10-11-24(16-22)21(25)19-9-8-17-6-4-5-7-18(17)12-19;3-2(4,5)1(6)7/h4-9,12,20H,3,10-11,13-16H2,1-2H3;(H,6,7)/t20-,22-;/m1./s1. The molecule has 1 amide bonds. The van der Waals surface area contributed by atoms with Crippen molar-refractivity contribution in [3.8, 4) is 0 Å². The Morgan fingerprint density at radius 3 is 2.42 bits per heavy atom. The number of hydrogen-bond acceptors (Lipinski definition) is 4. The lowest BCUT2D eigenvalue weighted by Gasteiger charge is -2.30. The molecule has 2 aliphatic rings. The van der Waals surface area contributed by atoms with Crippen molar-refractivity contribution >= 4 is 22.6 Å². The van der Waals surface area contributed by atoms with Gasteiger partial charge in [0.15, 0.2) is 0 Å². The Kier molecular flexibility index (Phi) is 7.64. The number of carbonyl (C=O) groups excluding carboxylic acids is 1. The van der Waals surface area contributed by atoms with E-state index in [1.807, 2.05) is 24.3 Å². The summed E-state index contributed by atoms with van der Waals surface area (Å²) in [5.41, 5.74) is 0.993. The molecule has 0 radical (unpaired) electrons. The molecule has 0 unspecified atom stereocenters. The van der Waals surface area contributed by atoms with E-state index < -0.39 is 12.1 Å². The average Bonchev–Trinajstić information content (AvgIpc) is 3.37. The fraction of sp³-hybridized carbons (Fsp3) is 0.500. The highest BCUT2D eigenvalue weighted by molar-refractivity contribution is 5.98. The zero-order chi connectivity index (χ0) is 24.2. The molecule has 0 saturated carbocycles. The van der Waals surface area contributed by atoms with E-state index >= 15 is 0 Å². The normalized spacial score (nSPS) is 23.1. The first kappa shape index (κ1) is 25.0. The predicted octanol–water partition coefficient (Wildman–Crippen LogP) is 3.90. The molecule has 180 valence electrons. The van der Waals surface area contributed by atoms with E-state index in [1.54, 1.807) is 7.11 Å². The van der Waals surface area contributed by atoms with Gasteiger partial charge >= 0.3 is 12.1 Å². The van der Waals surface area contributed by atoms with Crippen molar-refractivity contribution in [1.82, 2.24) is 9.80 Å². The minimum absolute atomic E-state index is 0.166. The molecule has 6 nitrogen and oxygen atoms in total. The molecule has 2 aromatic rings. The molecule has 1 spiro atoms. The maximum atomic E-state index is 13.1. The van der Waals surface area contributed by atoms with Gasteiger partial charge in [-0.15, -0.1) is 0 Å². The summed E-state index contributed by atoms with van der Waals surface area (Å²) >= 11 is 0. The Morgan fingerprint density at radius 1 is 1.15 bits per heavy atom. The SMILES string of the molecule is CCN1C[C@H](COC)[C@]2(CCN(C(=O)c3ccc4ccccc4c3)C2)C1.O=C(O)C(F)(F)F. The number of nitrogens with zero attached hydrogens (tertiary/aromatic N) is 2. The second-order valence-corrected chi connectivity index (χ2v) is 8.68. The highest BCUT2D eigenvalue weighted by atomic mass is 19.4. The number of carboxylic acid groups (broad SMARTS) is 1. The van der Waals surface area contributed by atoms with Gasteiger partial charge in [-0.05, 0) is 35.9 Å². The van der Waals surface area contributed by atoms with Gasteiger partial charge in [0.2, 0.25) is 0 Å². The van der Waals surface area contributed by atoms with Gasteiger partial charge in [-0.1, -0.05) is 37.3 Å². The smallest absolute Gasteiger partial charge is 0.475 e. The van der Waals surface area contributed by atoms with Crippen molar-refractivity contribution in [2.24, 2.45) is 11.3 Å². The molecular weight excluding hydrogens is 437 g/mol. The second kappa shape index (κ2) is 10.1. The molecule has 0 aromatic heterocycles. The van der Waals surface area contributed by atoms with Gasteiger partial charge in [0.25, 0.3) is 5.91 Å². The Bertz CT molecular complexity index is 997. The van der Waals surface area contributed by atoms with Gasteiger partial charge in [-0.3, -0.25) is 4.79 Å². The van der Waals surface area contributed by atoms with Crippen LogP contribution >= 0.6 is 0 Å². The number of hydrogen-bond donors (Lipinski definition) is 1. The van der Waals surface area contributed by atoms with Gasteiger partial charge in [0.05, 0.1) is 6.61 Å². The number of fused-ring (bicyclic) bond motifs is 1. The Morgan fingerprint density at radius 2 is 1.82 bits per heavy atom.